The quantitative estimate of drug-likeness (QED) is 0.726. The number of likely N-dealkylation sites (tertiary alicyclic amines) is 1. The Balaban J connectivity index is 2.75. The molecule has 1 aliphatic heterocycles. The molecule has 0 bridgehead atoms. The van der Waals surface area contributed by atoms with Crippen molar-refractivity contribution in [2.45, 2.75) is 52.3 Å². The third-order valence-electron chi connectivity index (χ3n) is 4.46. The number of allylic oxidation sites excluding steroid dienone is 2. The molecule has 0 aromatic rings. The highest BCUT2D eigenvalue weighted by Gasteiger charge is 2.33. The van der Waals surface area contributed by atoms with E-state index in [4.69, 9.17) is 0 Å². The van der Waals surface area contributed by atoms with Gasteiger partial charge in [-0.15, -0.1) is 0 Å². The van der Waals surface area contributed by atoms with Gasteiger partial charge in [-0.3, -0.25) is 4.90 Å². The molecule has 23 heavy (non-hydrogen) atoms. The van der Waals surface area contributed by atoms with E-state index in [-0.39, 0.29) is 6.04 Å². The number of halogens is 3. The highest BCUT2D eigenvalue weighted by atomic mass is 19.4. The second-order valence-corrected chi connectivity index (χ2v) is 6.28. The lowest BCUT2D eigenvalue weighted by atomic mass is 10.0. The van der Waals surface area contributed by atoms with E-state index >= 15 is 0 Å². The summed E-state index contributed by atoms with van der Waals surface area (Å²) in [5, 5.41) is 0. The third kappa shape index (κ3) is 6.09. The van der Waals surface area contributed by atoms with Crippen LogP contribution in [0.3, 0.4) is 0 Å². The van der Waals surface area contributed by atoms with E-state index in [9.17, 15) is 13.2 Å². The minimum atomic E-state index is -4.10. The molecule has 1 fully saturated rings. The summed E-state index contributed by atoms with van der Waals surface area (Å²) in [5.41, 5.74) is 1.28. The number of hydrogen-bond donors (Lipinski definition) is 0. The van der Waals surface area contributed by atoms with Crippen molar-refractivity contribution in [1.82, 2.24) is 14.7 Å². The molecule has 134 valence electrons. The fraction of sp³-hybridized carbons (Fsp3) is 0.765. The van der Waals surface area contributed by atoms with Crippen molar-refractivity contribution in [1.29, 1.82) is 0 Å². The van der Waals surface area contributed by atoms with Crippen LogP contribution in [0, 0.1) is 0 Å². The maximum atomic E-state index is 12.5. The van der Waals surface area contributed by atoms with Crippen LogP contribution in [0.4, 0.5) is 13.2 Å². The largest absolute Gasteiger partial charge is 0.401 e. The van der Waals surface area contributed by atoms with Crippen molar-refractivity contribution in [2.24, 2.45) is 0 Å². The Morgan fingerprint density at radius 3 is 2.22 bits per heavy atom. The summed E-state index contributed by atoms with van der Waals surface area (Å²) in [6, 6.07) is 0.281. The summed E-state index contributed by atoms with van der Waals surface area (Å²) >= 11 is 0. The molecule has 3 nitrogen and oxygen atoms in total. The molecule has 0 aliphatic carbocycles. The van der Waals surface area contributed by atoms with Gasteiger partial charge in [-0.05, 0) is 38.7 Å². The van der Waals surface area contributed by atoms with Gasteiger partial charge in [-0.25, -0.2) is 0 Å². The van der Waals surface area contributed by atoms with Gasteiger partial charge in [0.25, 0.3) is 0 Å². The van der Waals surface area contributed by atoms with Crippen molar-refractivity contribution in [3.05, 3.63) is 23.7 Å². The molecule has 0 spiro atoms. The van der Waals surface area contributed by atoms with E-state index in [2.05, 4.69) is 30.7 Å². The summed E-state index contributed by atoms with van der Waals surface area (Å²) in [6.07, 6.45) is 2.38. The highest BCUT2D eigenvalue weighted by Crippen LogP contribution is 2.25. The van der Waals surface area contributed by atoms with Crippen molar-refractivity contribution in [3.8, 4) is 0 Å². The van der Waals surface area contributed by atoms with Crippen LogP contribution < -0.4 is 0 Å². The van der Waals surface area contributed by atoms with Gasteiger partial charge in [0.15, 0.2) is 0 Å². The molecule has 1 saturated heterocycles. The van der Waals surface area contributed by atoms with Crippen molar-refractivity contribution in [2.75, 3.05) is 33.7 Å². The van der Waals surface area contributed by atoms with Crippen LogP contribution in [0.25, 0.3) is 0 Å². The molecule has 0 amide bonds. The molecule has 1 heterocycles. The van der Waals surface area contributed by atoms with Gasteiger partial charge in [0, 0.05) is 39.4 Å². The monoisotopic (exact) mass is 333 g/mol. The molecule has 0 saturated carbocycles. The Morgan fingerprint density at radius 1 is 1.22 bits per heavy atom. The number of piperidine rings is 1. The van der Waals surface area contributed by atoms with Gasteiger partial charge >= 0.3 is 6.18 Å². The first-order valence-corrected chi connectivity index (χ1v) is 8.27. The zero-order valence-corrected chi connectivity index (χ0v) is 15.0. The van der Waals surface area contributed by atoms with E-state index in [0.717, 1.165) is 25.1 Å². The zero-order chi connectivity index (χ0) is 17.6. The molecule has 0 N–H and O–H groups in total. The van der Waals surface area contributed by atoms with Gasteiger partial charge in [0.2, 0.25) is 0 Å². The maximum Gasteiger partial charge on any atom is 0.401 e. The molecular formula is C17H30F3N3. The fourth-order valence-corrected chi connectivity index (χ4v) is 3.19. The number of rotatable bonds is 6. The topological polar surface area (TPSA) is 9.72 Å². The van der Waals surface area contributed by atoms with Crippen LogP contribution in [-0.2, 0) is 0 Å². The minimum Gasteiger partial charge on any atom is -0.358 e. The highest BCUT2D eigenvalue weighted by molar-refractivity contribution is 5.13. The van der Waals surface area contributed by atoms with E-state index in [1.807, 2.05) is 26.2 Å². The Bertz CT molecular complexity index is 421. The molecule has 0 unspecified atom stereocenters. The average molecular weight is 333 g/mol. The molecule has 1 rings (SSSR count). The predicted octanol–water partition coefficient (Wildman–Crippen LogP) is 4.05. The van der Waals surface area contributed by atoms with Gasteiger partial charge in [-0.1, -0.05) is 13.0 Å². The summed E-state index contributed by atoms with van der Waals surface area (Å²) < 4.78 is 37.5. The summed E-state index contributed by atoms with van der Waals surface area (Å²) in [6.45, 7) is 6.42. The predicted molar refractivity (Wildman–Crippen MR) is 88.8 cm³/mol. The zero-order valence-electron chi connectivity index (χ0n) is 15.0. The van der Waals surface area contributed by atoms with Crippen LogP contribution >= 0.6 is 0 Å². The summed E-state index contributed by atoms with van der Waals surface area (Å²) in [7, 11) is 4.07. The lowest BCUT2D eigenvalue weighted by Crippen LogP contribution is -2.47. The smallest absolute Gasteiger partial charge is 0.358 e. The first-order chi connectivity index (χ1) is 10.7. The standard InChI is InChI=1S/C17H30F3N3/c1-6-10-21(4)16(14(3)7-2)22(5)15-8-11-23(12-9-15)13-17(18,19)20/h6,10,15H,7-9,11-13H2,1-5H3/b10-6-,16-14+. The second kappa shape index (κ2) is 8.62. The van der Waals surface area contributed by atoms with Crippen LogP contribution in [0.2, 0.25) is 0 Å². The first kappa shape index (κ1) is 19.9. The van der Waals surface area contributed by atoms with Crippen molar-refractivity contribution >= 4 is 0 Å². The first-order valence-electron chi connectivity index (χ1n) is 8.27. The van der Waals surface area contributed by atoms with E-state index in [0.29, 0.717) is 13.1 Å². The molecule has 0 radical (unpaired) electrons. The van der Waals surface area contributed by atoms with Gasteiger partial charge in [0.05, 0.1) is 6.54 Å². The molecule has 6 heteroatoms. The van der Waals surface area contributed by atoms with Crippen molar-refractivity contribution < 1.29 is 13.2 Å². The Hall–Kier alpha value is -1.17. The second-order valence-electron chi connectivity index (χ2n) is 6.28. The van der Waals surface area contributed by atoms with E-state index in [1.165, 1.54) is 10.5 Å². The third-order valence-corrected chi connectivity index (χ3v) is 4.46. The fourth-order valence-electron chi connectivity index (χ4n) is 3.19. The molecule has 0 aromatic carbocycles. The summed E-state index contributed by atoms with van der Waals surface area (Å²) in [5.74, 6) is 1.15. The van der Waals surface area contributed by atoms with E-state index < -0.39 is 12.7 Å². The van der Waals surface area contributed by atoms with Gasteiger partial charge in [0.1, 0.15) is 5.82 Å². The van der Waals surface area contributed by atoms with Crippen LogP contribution in [0.5, 0.6) is 0 Å². The van der Waals surface area contributed by atoms with Crippen LogP contribution in [-0.4, -0.2) is 60.6 Å². The number of nitrogens with zero attached hydrogens (tertiary/aromatic N) is 3. The number of hydrogen-bond acceptors (Lipinski definition) is 3. The normalized spacial score (nSPS) is 19.1. The van der Waals surface area contributed by atoms with Crippen LogP contribution in [0.15, 0.2) is 23.7 Å². The lowest BCUT2D eigenvalue weighted by Gasteiger charge is -2.41. The Labute approximate surface area is 138 Å². The number of alkyl halides is 3. The van der Waals surface area contributed by atoms with Crippen LogP contribution in [0.1, 0.15) is 40.0 Å². The molecular weight excluding hydrogens is 303 g/mol. The SMILES string of the molecule is C/C=C\N(C)/C(=C(/C)CC)N(C)C1CCN(CC(F)(F)F)CC1. The average Bonchev–Trinajstić information content (AvgIpc) is 2.46. The lowest BCUT2D eigenvalue weighted by molar-refractivity contribution is -0.148. The molecule has 0 aromatic heterocycles. The van der Waals surface area contributed by atoms with Gasteiger partial charge < -0.3 is 9.80 Å². The maximum absolute atomic E-state index is 12.5. The molecule has 1 aliphatic rings. The Kier molecular flexibility index (Phi) is 7.45. The summed E-state index contributed by atoms with van der Waals surface area (Å²) in [4.78, 5) is 5.85. The molecule has 0 atom stereocenters. The van der Waals surface area contributed by atoms with Gasteiger partial charge in [-0.2, -0.15) is 13.2 Å². The minimum absolute atomic E-state index is 0.281. The Morgan fingerprint density at radius 2 is 1.78 bits per heavy atom. The van der Waals surface area contributed by atoms with Crippen molar-refractivity contribution in [3.63, 3.8) is 0 Å². The van der Waals surface area contributed by atoms with E-state index in [1.54, 1.807) is 0 Å².